The average Bonchev–Trinajstić information content (AvgIpc) is 2.32. The number of carbonyl (C=O) groups excluding carboxylic acids is 1. The van der Waals surface area contributed by atoms with Gasteiger partial charge in [0.25, 0.3) is 0 Å². The number of ether oxygens (including phenoxy) is 1. The summed E-state index contributed by atoms with van der Waals surface area (Å²) in [5.74, 6) is 6.17. The Balaban J connectivity index is 2.17. The molecular weight excluding hydrogens is 214 g/mol. The first-order chi connectivity index (χ1) is 8.08. The van der Waals surface area contributed by atoms with Gasteiger partial charge in [-0.2, -0.15) is 0 Å². The van der Waals surface area contributed by atoms with Crippen molar-refractivity contribution in [2.24, 2.45) is 5.41 Å². The first kappa shape index (κ1) is 11.5. The zero-order valence-corrected chi connectivity index (χ0v) is 9.99. The minimum absolute atomic E-state index is 0.171. The molecule has 1 atom stereocenters. The van der Waals surface area contributed by atoms with Crippen LogP contribution >= 0.6 is 0 Å². The van der Waals surface area contributed by atoms with Crippen LogP contribution in [0, 0.1) is 17.3 Å². The molecule has 1 amide bonds. The Kier molecular flexibility index (Phi) is 3.06. The molecule has 17 heavy (non-hydrogen) atoms. The van der Waals surface area contributed by atoms with Crippen LogP contribution in [-0.2, 0) is 4.74 Å². The van der Waals surface area contributed by atoms with E-state index in [1.165, 1.54) is 0 Å². The van der Waals surface area contributed by atoms with Gasteiger partial charge in [0.05, 0.1) is 0 Å². The van der Waals surface area contributed by atoms with Crippen LogP contribution in [0.15, 0.2) is 30.3 Å². The van der Waals surface area contributed by atoms with Crippen LogP contribution in [-0.4, -0.2) is 18.7 Å². The van der Waals surface area contributed by atoms with Crippen molar-refractivity contribution in [1.29, 1.82) is 0 Å². The highest BCUT2D eigenvalue weighted by Gasteiger charge is 2.35. The van der Waals surface area contributed by atoms with E-state index in [9.17, 15) is 4.79 Å². The molecule has 1 N–H and O–H groups in total. The standard InChI is InChI=1S/C14H15NO2/c1-14(2)10-17-13(16)15-12(14)9-8-11-6-4-3-5-7-11/h3-7,12H,10H2,1-2H3,(H,15,16)/t12-/m0/s1. The Labute approximate surface area is 101 Å². The van der Waals surface area contributed by atoms with Crippen LogP contribution in [0.4, 0.5) is 4.79 Å². The summed E-state index contributed by atoms with van der Waals surface area (Å²) in [4.78, 5) is 11.2. The molecule has 0 aliphatic carbocycles. The van der Waals surface area contributed by atoms with E-state index in [0.717, 1.165) is 5.56 Å². The molecule has 1 aliphatic rings. The lowest BCUT2D eigenvalue weighted by molar-refractivity contribution is 0.0539. The summed E-state index contributed by atoms with van der Waals surface area (Å²) in [5.41, 5.74) is 0.777. The number of alkyl carbamates (subject to hydrolysis) is 1. The van der Waals surface area contributed by atoms with Gasteiger partial charge in [-0.3, -0.25) is 0 Å². The van der Waals surface area contributed by atoms with E-state index in [1.807, 2.05) is 44.2 Å². The first-order valence-corrected chi connectivity index (χ1v) is 5.58. The van der Waals surface area contributed by atoms with Crippen LogP contribution in [0.5, 0.6) is 0 Å². The van der Waals surface area contributed by atoms with Crippen LogP contribution in [0.25, 0.3) is 0 Å². The van der Waals surface area contributed by atoms with Gasteiger partial charge in [-0.1, -0.05) is 43.9 Å². The summed E-state index contributed by atoms with van der Waals surface area (Å²) in [5, 5.41) is 2.74. The number of amides is 1. The van der Waals surface area contributed by atoms with Gasteiger partial charge < -0.3 is 10.1 Å². The maximum Gasteiger partial charge on any atom is 0.408 e. The third kappa shape index (κ3) is 2.79. The minimum atomic E-state index is -0.392. The monoisotopic (exact) mass is 229 g/mol. The maximum atomic E-state index is 11.2. The zero-order chi connectivity index (χ0) is 12.3. The molecule has 3 heteroatoms. The first-order valence-electron chi connectivity index (χ1n) is 5.58. The normalized spacial score (nSPS) is 21.8. The van der Waals surface area contributed by atoms with Crippen molar-refractivity contribution in [3.8, 4) is 11.8 Å². The summed E-state index contributed by atoms with van der Waals surface area (Å²) in [6.07, 6.45) is -0.392. The number of benzene rings is 1. The van der Waals surface area contributed by atoms with Crippen molar-refractivity contribution >= 4 is 6.09 Å². The second kappa shape index (κ2) is 4.50. The highest BCUT2D eigenvalue weighted by molar-refractivity contribution is 5.69. The summed E-state index contributed by atoms with van der Waals surface area (Å²) < 4.78 is 4.96. The van der Waals surface area contributed by atoms with E-state index in [-0.39, 0.29) is 11.5 Å². The molecule has 88 valence electrons. The van der Waals surface area contributed by atoms with Gasteiger partial charge in [-0.25, -0.2) is 4.79 Å². The quantitative estimate of drug-likeness (QED) is 0.692. The number of rotatable bonds is 0. The molecule has 2 rings (SSSR count). The summed E-state index contributed by atoms with van der Waals surface area (Å²) in [6, 6.07) is 9.55. The average molecular weight is 229 g/mol. The van der Waals surface area contributed by atoms with Gasteiger partial charge in [-0.05, 0) is 12.1 Å². The molecule has 1 aromatic carbocycles. The van der Waals surface area contributed by atoms with Crippen LogP contribution in [0.3, 0.4) is 0 Å². The Morgan fingerprint density at radius 2 is 2.06 bits per heavy atom. The number of carbonyl (C=O) groups is 1. The number of hydrogen-bond acceptors (Lipinski definition) is 2. The topological polar surface area (TPSA) is 38.3 Å². The molecule has 3 nitrogen and oxygen atoms in total. The maximum absolute atomic E-state index is 11.2. The number of cyclic esters (lactones) is 1. The molecule has 0 saturated carbocycles. The van der Waals surface area contributed by atoms with E-state index in [4.69, 9.17) is 4.74 Å². The molecule has 1 aromatic rings. The van der Waals surface area contributed by atoms with Gasteiger partial charge in [0, 0.05) is 11.0 Å². The SMILES string of the molecule is CC1(C)COC(=O)N[C@H]1C#Cc1ccccc1. The third-order valence-corrected chi connectivity index (χ3v) is 2.75. The fourth-order valence-corrected chi connectivity index (χ4v) is 1.60. The van der Waals surface area contributed by atoms with Crippen molar-refractivity contribution in [1.82, 2.24) is 5.32 Å². The van der Waals surface area contributed by atoms with Gasteiger partial charge in [0.1, 0.15) is 12.6 Å². The number of nitrogens with one attached hydrogen (secondary N) is 1. The van der Waals surface area contributed by atoms with Crippen molar-refractivity contribution in [3.05, 3.63) is 35.9 Å². The minimum Gasteiger partial charge on any atom is -0.449 e. The lowest BCUT2D eigenvalue weighted by Crippen LogP contribution is -2.52. The number of hydrogen-bond donors (Lipinski definition) is 1. The molecule has 1 saturated heterocycles. The Hall–Kier alpha value is -1.95. The second-order valence-electron chi connectivity index (χ2n) is 4.78. The van der Waals surface area contributed by atoms with Gasteiger partial charge in [-0.15, -0.1) is 0 Å². The lowest BCUT2D eigenvalue weighted by atomic mass is 9.84. The van der Waals surface area contributed by atoms with Crippen molar-refractivity contribution in [2.75, 3.05) is 6.61 Å². The molecule has 0 radical (unpaired) electrons. The highest BCUT2D eigenvalue weighted by Crippen LogP contribution is 2.24. The lowest BCUT2D eigenvalue weighted by Gasteiger charge is -2.35. The van der Waals surface area contributed by atoms with Crippen LogP contribution in [0.1, 0.15) is 19.4 Å². The van der Waals surface area contributed by atoms with Crippen LogP contribution in [0.2, 0.25) is 0 Å². The zero-order valence-electron chi connectivity index (χ0n) is 9.99. The van der Waals surface area contributed by atoms with Crippen LogP contribution < -0.4 is 5.32 Å². The largest absolute Gasteiger partial charge is 0.449 e. The van der Waals surface area contributed by atoms with Crippen molar-refractivity contribution < 1.29 is 9.53 Å². The Bertz CT molecular complexity index is 468. The van der Waals surface area contributed by atoms with E-state index in [2.05, 4.69) is 17.2 Å². The predicted octanol–water partition coefficient (Wildman–Crippen LogP) is 2.17. The molecule has 0 unspecified atom stereocenters. The van der Waals surface area contributed by atoms with Crippen molar-refractivity contribution in [2.45, 2.75) is 19.9 Å². The van der Waals surface area contributed by atoms with E-state index in [1.54, 1.807) is 0 Å². The molecule has 0 aromatic heterocycles. The van der Waals surface area contributed by atoms with Gasteiger partial charge >= 0.3 is 6.09 Å². The molecule has 1 aliphatic heterocycles. The van der Waals surface area contributed by atoms with E-state index in [0.29, 0.717) is 6.61 Å². The summed E-state index contributed by atoms with van der Waals surface area (Å²) in [6.45, 7) is 4.44. The second-order valence-corrected chi connectivity index (χ2v) is 4.78. The Morgan fingerprint density at radius 3 is 2.76 bits per heavy atom. The molecule has 1 heterocycles. The fourth-order valence-electron chi connectivity index (χ4n) is 1.60. The smallest absolute Gasteiger partial charge is 0.408 e. The molecular formula is C14H15NO2. The molecule has 1 fully saturated rings. The van der Waals surface area contributed by atoms with E-state index < -0.39 is 6.09 Å². The van der Waals surface area contributed by atoms with E-state index >= 15 is 0 Å². The van der Waals surface area contributed by atoms with Gasteiger partial charge in [0.15, 0.2) is 0 Å². The highest BCUT2D eigenvalue weighted by atomic mass is 16.6. The fraction of sp³-hybridized carbons (Fsp3) is 0.357. The Morgan fingerprint density at radius 1 is 1.35 bits per heavy atom. The molecule has 0 spiro atoms. The van der Waals surface area contributed by atoms with Gasteiger partial charge in [0.2, 0.25) is 0 Å². The summed E-state index contributed by atoms with van der Waals surface area (Å²) >= 11 is 0. The summed E-state index contributed by atoms with van der Waals surface area (Å²) in [7, 11) is 0. The molecule has 0 bridgehead atoms. The third-order valence-electron chi connectivity index (χ3n) is 2.75. The van der Waals surface area contributed by atoms with Crippen molar-refractivity contribution in [3.63, 3.8) is 0 Å². The predicted molar refractivity (Wildman–Crippen MR) is 65.4 cm³/mol.